The molecule has 0 atom stereocenters. The van der Waals surface area contributed by atoms with Crippen molar-refractivity contribution >= 4 is 11.6 Å². The SMILES string of the molecule is CCN(c1ccn2cc(-c3ccc(OC)cc3)nc2n1)C1CC1. The summed E-state index contributed by atoms with van der Waals surface area (Å²) in [5.41, 5.74) is 1.99. The number of fused-ring (bicyclic) bond motifs is 1. The van der Waals surface area contributed by atoms with Gasteiger partial charge in [-0.25, -0.2) is 4.98 Å². The third-order valence-electron chi connectivity index (χ3n) is 4.32. The summed E-state index contributed by atoms with van der Waals surface area (Å²) >= 11 is 0. The number of imidazole rings is 1. The molecule has 0 saturated heterocycles. The Balaban J connectivity index is 1.69. The second-order valence-electron chi connectivity index (χ2n) is 5.86. The van der Waals surface area contributed by atoms with E-state index in [4.69, 9.17) is 9.72 Å². The Morgan fingerprint density at radius 2 is 1.96 bits per heavy atom. The van der Waals surface area contributed by atoms with Gasteiger partial charge >= 0.3 is 0 Å². The van der Waals surface area contributed by atoms with Crippen LogP contribution >= 0.6 is 0 Å². The minimum Gasteiger partial charge on any atom is -0.497 e. The number of nitrogens with zero attached hydrogens (tertiary/aromatic N) is 4. The van der Waals surface area contributed by atoms with E-state index in [-0.39, 0.29) is 0 Å². The molecule has 3 aromatic rings. The monoisotopic (exact) mass is 308 g/mol. The van der Waals surface area contributed by atoms with Crippen LogP contribution in [0, 0.1) is 0 Å². The maximum absolute atomic E-state index is 5.20. The van der Waals surface area contributed by atoms with Crippen LogP contribution in [0.3, 0.4) is 0 Å². The van der Waals surface area contributed by atoms with Crippen LogP contribution in [0.15, 0.2) is 42.7 Å². The average Bonchev–Trinajstić information content (AvgIpc) is 3.33. The topological polar surface area (TPSA) is 42.7 Å². The van der Waals surface area contributed by atoms with Crippen LogP contribution in [0.5, 0.6) is 5.75 Å². The summed E-state index contributed by atoms with van der Waals surface area (Å²) in [7, 11) is 1.67. The van der Waals surface area contributed by atoms with Crippen LogP contribution in [0.1, 0.15) is 19.8 Å². The maximum Gasteiger partial charge on any atom is 0.236 e. The Bertz CT molecular complexity index is 821. The van der Waals surface area contributed by atoms with Crippen LogP contribution in [0.25, 0.3) is 17.0 Å². The molecule has 5 nitrogen and oxygen atoms in total. The zero-order valence-corrected chi connectivity index (χ0v) is 13.4. The normalized spacial score (nSPS) is 14.2. The fourth-order valence-electron chi connectivity index (χ4n) is 2.92. The Morgan fingerprint density at radius 1 is 1.17 bits per heavy atom. The lowest BCUT2D eigenvalue weighted by Gasteiger charge is -2.21. The van der Waals surface area contributed by atoms with Crippen molar-refractivity contribution in [2.45, 2.75) is 25.8 Å². The molecule has 2 aromatic heterocycles. The van der Waals surface area contributed by atoms with Gasteiger partial charge in [0.15, 0.2) is 0 Å². The number of methoxy groups -OCH3 is 1. The van der Waals surface area contributed by atoms with Gasteiger partial charge in [0.25, 0.3) is 0 Å². The number of ether oxygens (including phenoxy) is 1. The molecule has 1 aliphatic carbocycles. The molecule has 4 rings (SSSR count). The summed E-state index contributed by atoms with van der Waals surface area (Å²) in [4.78, 5) is 11.8. The molecule has 0 amide bonds. The summed E-state index contributed by atoms with van der Waals surface area (Å²) in [5.74, 6) is 2.61. The van der Waals surface area contributed by atoms with E-state index in [0.29, 0.717) is 6.04 Å². The van der Waals surface area contributed by atoms with E-state index in [2.05, 4.69) is 22.9 Å². The predicted molar refractivity (Wildman–Crippen MR) is 91.0 cm³/mol. The fraction of sp³-hybridized carbons (Fsp3) is 0.333. The molecular weight excluding hydrogens is 288 g/mol. The molecule has 0 unspecified atom stereocenters. The number of rotatable bonds is 5. The first-order valence-electron chi connectivity index (χ1n) is 8.05. The number of hydrogen-bond donors (Lipinski definition) is 0. The van der Waals surface area contributed by atoms with Gasteiger partial charge in [-0.15, -0.1) is 0 Å². The van der Waals surface area contributed by atoms with Gasteiger partial charge < -0.3 is 9.64 Å². The van der Waals surface area contributed by atoms with Crippen LogP contribution in [0.2, 0.25) is 0 Å². The Labute approximate surface area is 135 Å². The van der Waals surface area contributed by atoms with Crippen molar-refractivity contribution in [2.24, 2.45) is 0 Å². The second-order valence-corrected chi connectivity index (χ2v) is 5.86. The molecule has 0 bridgehead atoms. The lowest BCUT2D eigenvalue weighted by molar-refractivity contribution is 0.415. The lowest BCUT2D eigenvalue weighted by atomic mass is 10.2. The molecule has 1 aromatic carbocycles. The first kappa shape index (κ1) is 14.1. The van der Waals surface area contributed by atoms with Crippen LogP contribution < -0.4 is 9.64 Å². The third-order valence-corrected chi connectivity index (χ3v) is 4.32. The molecular formula is C18H20N4O. The molecule has 1 aliphatic rings. The van der Waals surface area contributed by atoms with E-state index in [1.807, 2.05) is 41.1 Å². The van der Waals surface area contributed by atoms with Crippen molar-refractivity contribution in [3.8, 4) is 17.0 Å². The van der Waals surface area contributed by atoms with E-state index < -0.39 is 0 Å². The first-order valence-corrected chi connectivity index (χ1v) is 8.05. The van der Waals surface area contributed by atoms with Gasteiger partial charge in [0.1, 0.15) is 11.6 Å². The molecule has 0 aliphatic heterocycles. The van der Waals surface area contributed by atoms with E-state index in [1.165, 1.54) is 12.8 Å². The highest BCUT2D eigenvalue weighted by molar-refractivity contribution is 5.63. The van der Waals surface area contributed by atoms with Crippen LogP contribution in [-0.4, -0.2) is 34.1 Å². The highest BCUT2D eigenvalue weighted by atomic mass is 16.5. The van der Waals surface area contributed by atoms with Crippen molar-refractivity contribution < 1.29 is 4.74 Å². The van der Waals surface area contributed by atoms with Gasteiger partial charge in [0.05, 0.1) is 12.8 Å². The summed E-state index contributed by atoms with van der Waals surface area (Å²) in [5, 5.41) is 0. The Morgan fingerprint density at radius 3 is 2.61 bits per heavy atom. The Kier molecular flexibility index (Phi) is 3.41. The smallest absolute Gasteiger partial charge is 0.236 e. The molecule has 5 heteroatoms. The van der Waals surface area contributed by atoms with Gasteiger partial charge in [-0.05, 0) is 50.1 Å². The standard InChI is InChI=1S/C18H20N4O/c1-3-22(14-6-7-14)17-10-11-21-12-16(19-18(21)20-17)13-4-8-15(23-2)9-5-13/h4-5,8-12,14H,3,6-7H2,1-2H3. The van der Waals surface area contributed by atoms with Gasteiger partial charge in [-0.2, -0.15) is 4.98 Å². The summed E-state index contributed by atoms with van der Waals surface area (Å²) < 4.78 is 7.18. The van der Waals surface area contributed by atoms with Gasteiger partial charge in [-0.1, -0.05) is 0 Å². The minimum absolute atomic E-state index is 0.658. The van der Waals surface area contributed by atoms with E-state index in [9.17, 15) is 0 Å². The highest BCUT2D eigenvalue weighted by Crippen LogP contribution is 2.30. The summed E-state index contributed by atoms with van der Waals surface area (Å²) in [6.45, 7) is 3.17. The largest absolute Gasteiger partial charge is 0.497 e. The average molecular weight is 308 g/mol. The lowest BCUT2D eigenvalue weighted by Crippen LogP contribution is -2.26. The van der Waals surface area contributed by atoms with Crippen LogP contribution in [-0.2, 0) is 0 Å². The van der Waals surface area contributed by atoms with E-state index in [0.717, 1.165) is 35.1 Å². The maximum atomic E-state index is 5.20. The van der Waals surface area contributed by atoms with Crippen molar-refractivity contribution in [3.05, 3.63) is 42.7 Å². The summed E-state index contributed by atoms with van der Waals surface area (Å²) in [6, 6.07) is 10.7. The van der Waals surface area contributed by atoms with E-state index in [1.54, 1.807) is 7.11 Å². The highest BCUT2D eigenvalue weighted by Gasteiger charge is 2.29. The molecule has 1 saturated carbocycles. The number of benzene rings is 1. The molecule has 0 spiro atoms. The summed E-state index contributed by atoms with van der Waals surface area (Å²) in [6.07, 6.45) is 6.60. The Hall–Kier alpha value is -2.56. The fourth-order valence-corrected chi connectivity index (χ4v) is 2.92. The van der Waals surface area contributed by atoms with Crippen molar-refractivity contribution in [1.29, 1.82) is 0 Å². The van der Waals surface area contributed by atoms with E-state index >= 15 is 0 Å². The van der Waals surface area contributed by atoms with Gasteiger partial charge in [-0.3, -0.25) is 4.40 Å². The number of aromatic nitrogens is 3. The van der Waals surface area contributed by atoms with Crippen molar-refractivity contribution in [3.63, 3.8) is 0 Å². The second kappa shape index (κ2) is 5.57. The zero-order valence-electron chi connectivity index (χ0n) is 13.4. The third kappa shape index (κ3) is 2.63. The first-order chi connectivity index (χ1) is 11.3. The minimum atomic E-state index is 0.658. The van der Waals surface area contributed by atoms with Crippen LogP contribution in [0.4, 0.5) is 5.82 Å². The predicted octanol–water partition coefficient (Wildman–Crippen LogP) is 3.39. The molecule has 118 valence electrons. The van der Waals surface area contributed by atoms with Crippen molar-refractivity contribution in [2.75, 3.05) is 18.6 Å². The number of hydrogen-bond acceptors (Lipinski definition) is 4. The van der Waals surface area contributed by atoms with Gasteiger partial charge in [0, 0.05) is 30.5 Å². The molecule has 1 fully saturated rings. The quantitative estimate of drug-likeness (QED) is 0.724. The van der Waals surface area contributed by atoms with Crippen molar-refractivity contribution in [1.82, 2.24) is 14.4 Å². The molecule has 0 N–H and O–H groups in total. The molecule has 2 heterocycles. The molecule has 0 radical (unpaired) electrons. The zero-order chi connectivity index (χ0) is 15.8. The van der Waals surface area contributed by atoms with Gasteiger partial charge in [0.2, 0.25) is 5.78 Å². The molecule has 23 heavy (non-hydrogen) atoms. The number of anilines is 1.